The molecule has 1 unspecified atom stereocenters. The minimum Gasteiger partial charge on any atom is -0.353 e. The van der Waals surface area contributed by atoms with Crippen molar-refractivity contribution in [3.63, 3.8) is 0 Å². The lowest BCUT2D eigenvalue weighted by Gasteiger charge is -2.48. The molecule has 0 aromatic rings. The summed E-state index contributed by atoms with van der Waals surface area (Å²) in [6, 6.07) is 0. The maximum atomic E-state index is 5.55. The van der Waals surface area contributed by atoms with Crippen LogP contribution in [0.15, 0.2) is 0 Å². The monoisotopic (exact) mass is 212 g/mol. The molecule has 0 aliphatic heterocycles. The van der Waals surface area contributed by atoms with Gasteiger partial charge >= 0.3 is 0 Å². The van der Waals surface area contributed by atoms with Crippen LogP contribution in [0.4, 0.5) is 0 Å². The Morgan fingerprint density at radius 1 is 1.00 bits per heavy atom. The topological polar surface area (TPSA) is 18.5 Å². The predicted octanol–water partition coefficient (Wildman–Crippen LogP) is 3.36. The van der Waals surface area contributed by atoms with E-state index in [4.69, 9.17) is 9.47 Å². The Bertz CT molecular complexity index is 187. The molecule has 2 aliphatic carbocycles. The Labute approximate surface area is 93.3 Å². The van der Waals surface area contributed by atoms with Crippen LogP contribution in [0.2, 0.25) is 0 Å². The highest BCUT2D eigenvalue weighted by Gasteiger charge is 2.48. The van der Waals surface area contributed by atoms with Crippen molar-refractivity contribution in [3.8, 4) is 0 Å². The van der Waals surface area contributed by atoms with E-state index in [0.29, 0.717) is 5.92 Å². The van der Waals surface area contributed by atoms with Crippen molar-refractivity contribution in [2.24, 2.45) is 11.8 Å². The van der Waals surface area contributed by atoms with Gasteiger partial charge < -0.3 is 9.47 Å². The fourth-order valence-electron chi connectivity index (χ4n) is 3.33. The fraction of sp³-hybridized carbons (Fsp3) is 1.00. The molecule has 0 saturated heterocycles. The van der Waals surface area contributed by atoms with Crippen LogP contribution in [-0.4, -0.2) is 20.0 Å². The molecular formula is C13H24O2. The van der Waals surface area contributed by atoms with Crippen LogP contribution in [0, 0.1) is 11.8 Å². The summed E-state index contributed by atoms with van der Waals surface area (Å²) in [6.45, 7) is 0. The second-order valence-electron chi connectivity index (χ2n) is 5.20. The lowest BCUT2D eigenvalue weighted by molar-refractivity contribution is -0.290. The van der Waals surface area contributed by atoms with Crippen LogP contribution in [0.5, 0.6) is 0 Å². The summed E-state index contributed by atoms with van der Waals surface area (Å²) in [6.07, 6.45) is 10.9. The molecule has 15 heavy (non-hydrogen) atoms. The van der Waals surface area contributed by atoms with Crippen molar-refractivity contribution in [2.75, 3.05) is 14.2 Å². The standard InChI is InChI=1S/C13H24O2/c1-14-13(15-2)9-8-12(13)10-11-6-4-3-5-7-11/h11-12H,3-10H2,1-2H3. The van der Waals surface area contributed by atoms with Crippen LogP contribution < -0.4 is 0 Å². The average molecular weight is 212 g/mol. The minimum absolute atomic E-state index is 0.225. The van der Waals surface area contributed by atoms with Crippen molar-refractivity contribution < 1.29 is 9.47 Å². The third kappa shape index (κ3) is 2.21. The van der Waals surface area contributed by atoms with Gasteiger partial charge in [0.05, 0.1) is 0 Å². The van der Waals surface area contributed by atoms with Crippen molar-refractivity contribution in [1.29, 1.82) is 0 Å². The first kappa shape index (κ1) is 11.4. The van der Waals surface area contributed by atoms with E-state index in [-0.39, 0.29) is 5.79 Å². The maximum Gasteiger partial charge on any atom is 0.170 e. The highest BCUT2D eigenvalue weighted by atomic mass is 16.7. The molecule has 0 aromatic carbocycles. The van der Waals surface area contributed by atoms with Crippen LogP contribution in [0.3, 0.4) is 0 Å². The molecule has 2 saturated carbocycles. The Morgan fingerprint density at radius 2 is 1.67 bits per heavy atom. The lowest BCUT2D eigenvalue weighted by atomic mass is 9.70. The second kappa shape index (κ2) is 4.84. The van der Waals surface area contributed by atoms with E-state index in [1.165, 1.54) is 44.9 Å². The van der Waals surface area contributed by atoms with Crippen LogP contribution in [-0.2, 0) is 9.47 Å². The van der Waals surface area contributed by atoms with Gasteiger partial charge in [0.15, 0.2) is 5.79 Å². The van der Waals surface area contributed by atoms with Crippen molar-refractivity contribution in [3.05, 3.63) is 0 Å². The van der Waals surface area contributed by atoms with E-state index >= 15 is 0 Å². The van der Waals surface area contributed by atoms with E-state index in [9.17, 15) is 0 Å². The zero-order valence-corrected chi connectivity index (χ0v) is 10.1. The smallest absolute Gasteiger partial charge is 0.170 e. The van der Waals surface area contributed by atoms with Gasteiger partial charge in [0.25, 0.3) is 0 Å². The van der Waals surface area contributed by atoms with Crippen molar-refractivity contribution in [1.82, 2.24) is 0 Å². The largest absolute Gasteiger partial charge is 0.353 e. The Morgan fingerprint density at radius 3 is 2.13 bits per heavy atom. The molecule has 2 rings (SSSR count). The summed E-state index contributed by atoms with van der Waals surface area (Å²) in [5.41, 5.74) is 0. The first-order valence-electron chi connectivity index (χ1n) is 6.41. The molecule has 88 valence electrons. The molecule has 1 atom stereocenters. The van der Waals surface area contributed by atoms with Gasteiger partial charge in [-0.3, -0.25) is 0 Å². The first-order valence-corrected chi connectivity index (χ1v) is 6.41. The quantitative estimate of drug-likeness (QED) is 0.665. The van der Waals surface area contributed by atoms with Gasteiger partial charge in [-0.05, 0) is 18.8 Å². The van der Waals surface area contributed by atoms with Crippen molar-refractivity contribution >= 4 is 0 Å². The molecule has 2 aliphatic rings. The minimum atomic E-state index is -0.225. The molecular weight excluding hydrogens is 188 g/mol. The fourth-order valence-corrected chi connectivity index (χ4v) is 3.33. The van der Waals surface area contributed by atoms with E-state index in [1.54, 1.807) is 14.2 Å². The summed E-state index contributed by atoms with van der Waals surface area (Å²) in [5, 5.41) is 0. The summed E-state index contributed by atoms with van der Waals surface area (Å²) >= 11 is 0. The Balaban J connectivity index is 1.83. The molecule has 0 spiro atoms. The number of rotatable bonds is 4. The number of hydrogen-bond donors (Lipinski definition) is 0. The normalized spacial score (nSPS) is 31.2. The van der Waals surface area contributed by atoms with E-state index in [2.05, 4.69) is 0 Å². The van der Waals surface area contributed by atoms with Crippen LogP contribution in [0.25, 0.3) is 0 Å². The van der Waals surface area contributed by atoms with Gasteiger partial charge in [0.1, 0.15) is 0 Å². The number of ether oxygens (including phenoxy) is 2. The zero-order chi connectivity index (χ0) is 10.7. The third-order valence-electron chi connectivity index (χ3n) is 4.50. The SMILES string of the molecule is COC1(OC)CCC1CC1CCCCC1. The second-order valence-corrected chi connectivity index (χ2v) is 5.20. The molecule has 2 fully saturated rings. The van der Waals surface area contributed by atoms with E-state index in [0.717, 1.165) is 12.3 Å². The lowest BCUT2D eigenvalue weighted by Crippen LogP contribution is -2.51. The summed E-state index contributed by atoms with van der Waals surface area (Å²) < 4.78 is 11.1. The Hall–Kier alpha value is -0.0800. The summed E-state index contributed by atoms with van der Waals surface area (Å²) in [5.74, 6) is 1.36. The van der Waals surface area contributed by atoms with Gasteiger partial charge in [-0.2, -0.15) is 0 Å². The molecule has 0 bridgehead atoms. The molecule has 0 aromatic heterocycles. The van der Waals surface area contributed by atoms with Crippen molar-refractivity contribution in [2.45, 2.75) is 57.2 Å². The van der Waals surface area contributed by atoms with Gasteiger partial charge in [-0.15, -0.1) is 0 Å². The average Bonchev–Trinajstić information content (AvgIpc) is 2.28. The molecule has 0 amide bonds. The van der Waals surface area contributed by atoms with E-state index < -0.39 is 0 Å². The summed E-state index contributed by atoms with van der Waals surface area (Å²) in [4.78, 5) is 0. The predicted molar refractivity (Wildman–Crippen MR) is 60.7 cm³/mol. The van der Waals surface area contributed by atoms with Gasteiger partial charge in [-0.25, -0.2) is 0 Å². The van der Waals surface area contributed by atoms with E-state index in [1.807, 2.05) is 0 Å². The maximum absolute atomic E-state index is 5.55. The molecule has 2 heteroatoms. The van der Waals surface area contributed by atoms with Crippen LogP contribution in [0.1, 0.15) is 51.4 Å². The number of methoxy groups -OCH3 is 2. The highest BCUT2D eigenvalue weighted by molar-refractivity contribution is 4.91. The zero-order valence-electron chi connectivity index (χ0n) is 10.1. The molecule has 2 nitrogen and oxygen atoms in total. The molecule has 0 heterocycles. The molecule has 0 radical (unpaired) electrons. The number of hydrogen-bond acceptors (Lipinski definition) is 2. The van der Waals surface area contributed by atoms with Crippen LogP contribution >= 0.6 is 0 Å². The first-order chi connectivity index (χ1) is 7.30. The van der Waals surface area contributed by atoms with Gasteiger partial charge in [0.2, 0.25) is 0 Å². The Kier molecular flexibility index (Phi) is 3.68. The van der Waals surface area contributed by atoms with Gasteiger partial charge in [0, 0.05) is 26.6 Å². The summed E-state index contributed by atoms with van der Waals surface area (Å²) in [7, 11) is 3.58. The van der Waals surface area contributed by atoms with Gasteiger partial charge in [-0.1, -0.05) is 32.1 Å². The highest BCUT2D eigenvalue weighted by Crippen LogP contribution is 2.47. The molecule has 0 N–H and O–H groups in total. The third-order valence-corrected chi connectivity index (χ3v) is 4.50.